The Balaban J connectivity index is 1.82. The first-order valence-electron chi connectivity index (χ1n) is 7.95. The van der Waals surface area contributed by atoms with Crippen LogP contribution in [0.1, 0.15) is 17.5 Å². The summed E-state index contributed by atoms with van der Waals surface area (Å²) in [5.41, 5.74) is 2.41. The molecule has 0 unspecified atom stereocenters. The van der Waals surface area contributed by atoms with Gasteiger partial charge in [0.1, 0.15) is 10.9 Å². The highest BCUT2D eigenvalue weighted by Gasteiger charge is 2.36. The Kier molecular flexibility index (Phi) is 4.86. The van der Waals surface area contributed by atoms with Crippen LogP contribution >= 0.6 is 11.6 Å². The molecule has 0 aliphatic carbocycles. The molecule has 1 fully saturated rings. The van der Waals surface area contributed by atoms with E-state index >= 15 is 0 Å². The Bertz CT molecular complexity index is 890. The molecule has 0 bridgehead atoms. The minimum Gasteiger partial charge on any atom is -0.311 e. The van der Waals surface area contributed by atoms with Crippen molar-refractivity contribution >= 4 is 33.2 Å². The van der Waals surface area contributed by atoms with Crippen LogP contribution in [-0.2, 0) is 14.8 Å². The van der Waals surface area contributed by atoms with Crippen LogP contribution < -0.4 is 9.62 Å². The molecular weight excluding hydrogens is 360 g/mol. The molecule has 1 aliphatic rings. The van der Waals surface area contributed by atoms with Crippen LogP contribution in [0.2, 0.25) is 5.02 Å². The zero-order valence-electron chi connectivity index (χ0n) is 14.0. The molecule has 25 heavy (non-hydrogen) atoms. The van der Waals surface area contributed by atoms with E-state index in [1.165, 1.54) is 6.07 Å². The number of nitrogens with zero attached hydrogens (tertiary/aromatic N) is 1. The van der Waals surface area contributed by atoms with Gasteiger partial charge in [0.05, 0.1) is 5.02 Å². The monoisotopic (exact) mass is 378 g/mol. The number of anilines is 1. The van der Waals surface area contributed by atoms with Crippen LogP contribution in [0.3, 0.4) is 0 Å². The molecule has 1 amide bonds. The molecule has 0 saturated carbocycles. The van der Waals surface area contributed by atoms with Crippen LogP contribution in [0.5, 0.6) is 0 Å². The number of carbonyl (C=O) groups is 1. The number of nitrogens with one attached hydrogen (secondary N) is 1. The van der Waals surface area contributed by atoms with Crippen molar-refractivity contribution in [2.24, 2.45) is 0 Å². The quantitative estimate of drug-likeness (QED) is 0.889. The molecule has 5 nitrogen and oxygen atoms in total. The van der Waals surface area contributed by atoms with Crippen molar-refractivity contribution in [3.8, 4) is 0 Å². The van der Waals surface area contributed by atoms with Gasteiger partial charge >= 0.3 is 0 Å². The number of rotatable bonds is 4. The lowest BCUT2D eigenvalue weighted by Gasteiger charge is -2.18. The Labute approximate surface area is 152 Å². The van der Waals surface area contributed by atoms with E-state index in [9.17, 15) is 13.2 Å². The standard InChI is InChI=1S/C18H19ClN2O3S/c1-12-6-8-14(9-7-12)21-11-10-16(18(21)22)20-25(23,24)17-13(2)4-3-5-15(17)19/h3-9,16,20H,10-11H2,1-2H3/t16-/m0/s1. The maximum absolute atomic E-state index is 12.7. The topological polar surface area (TPSA) is 66.5 Å². The summed E-state index contributed by atoms with van der Waals surface area (Å²) >= 11 is 6.06. The average molecular weight is 379 g/mol. The van der Waals surface area contributed by atoms with Gasteiger partial charge in [-0.15, -0.1) is 0 Å². The third-order valence-electron chi connectivity index (χ3n) is 4.28. The first-order valence-corrected chi connectivity index (χ1v) is 9.81. The smallest absolute Gasteiger partial charge is 0.245 e. The van der Waals surface area contributed by atoms with Gasteiger partial charge in [-0.1, -0.05) is 41.4 Å². The van der Waals surface area contributed by atoms with Crippen LogP contribution in [-0.4, -0.2) is 26.9 Å². The SMILES string of the molecule is Cc1ccc(N2CC[C@H](NS(=O)(=O)c3c(C)cccc3Cl)C2=O)cc1. The molecule has 2 aromatic rings. The molecule has 132 valence electrons. The normalized spacial score (nSPS) is 18.0. The van der Waals surface area contributed by atoms with E-state index in [0.717, 1.165) is 11.3 Å². The number of hydrogen-bond donors (Lipinski definition) is 1. The Morgan fingerprint density at radius 2 is 1.80 bits per heavy atom. The lowest BCUT2D eigenvalue weighted by molar-refractivity contribution is -0.118. The highest BCUT2D eigenvalue weighted by molar-refractivity contribution is 7.89. The third kappa shape index (κ3) is 3.56. The van der Waals surface area contributed by atoms with Crippen molar-refractivity contribution in [2.75, 3.05) is 11.4 Å². The number of benzene rings is 2. The lowest BCUT2D eigenvalue weighted by Crippen LogP contribution is -2.41. The molecule has 0 spiro atoms. The number of carbonyl (C=O) groups excluding carboxylic acids is 1. The summed E-state index contributed by atoms with van der Waals surface area (Å²) in [6, 6.07) is 11.7. The fraction of sp³-hybridized carbons (Fsp3) is 0.278. The minimum atomic E-state index is -3.88. The lowest BCUT2D eigenvalue weighted by atomic mass is 10.2. The van der Waals surface area contributed by atoms with E-state index in [4.69, 9.17) is 11.6 Å². The van der Waals surface area contributed by atoms with E-state index in [1.54, 1.807) is 24.0 Å². The van der Waals surface area contributed by atoms with Gasteiger partial charge in [0.25, 0.3) is 0 Å². The Morgan fingerprint density at radius 1 is 1.12 bits per heavy atom. The molecule has 1 saturated heterocycles. The average Bonchev–Trinajstić information content (AvgIpc) is 2.88. The Morgan fingerprint density at radius 3 is 2.44 bits per heavy atom. The van der Waals surface area contributed by atoms with Gasteiger partial charge in [0.2, 0.25) is 15.9 Å². The molecule has 2 aromatic carbocycles. The molecule has 1 aliphatic heterocycles. The number of aryl methyl sites for hydroxylation is 2. The summed E-state index contributed by atoms with van der Waals surface area (Å²) < 4.78 is 27.9. The highest BCUT2D eigenvalue weighted by atomic mass is 35.5. The second-order valence-corrected chi connectivity index (χ2v) is 8.23. The zero-order chi connectivity index (χ0) is 18.2. The summed E-state index contributed by atoms with van der Waals surface area (Å²) in [5, 5.41) is 0.147. The number of sulfonamides is 1. The summed E-state index contributed by atoms with van der Waals surface area (Å²) in [5.74, 6) is -0.253. The van der Waals surface area contributed by atoms with Gasteiger partial charge < -0.3 is 4.90 Å². The molecule has 1 heterocycles. The predicted octanol–water partition coefficient (Wildman–Crippen LogP) is 3.04. The van der Waals surface area contributed by atoms with E-state index < -0.39 is 16.1 Å². The van der Waals surface area contributed by atoms with Crippen molar-refractivity contribution < 1.29 is 13.2 Å². The van der Waals surface area contributed by atoms with Gasteiger partial charge in [0, 0.05) is 12.2 Å². The second-order valence-electron chi connectivity index (χ2n) is 6.17. The molecule has 1 atom stereocenters. The summed E-state index contributed by atoms with van der Waals surface area (Å²) in [6.07, 6.45) is 0.412. The Hall–Kier alpha value is -1.89. The number of hydrogen-bond acceptors (Lipinski definition) is 3. The maximum atomic E-state index is 12.7. The van der Waals surface area contributed by atoms with Crippen molar-refractivity contribution in [3.05, 3.63) is 58.6 Å². The number of amides is 1. The van der Waals surface area contributed by atoms with E-state index in [1.807, 2.05) is 31.2 Å². The van der Waals surface area contributed by atoms with Crippen molar-refractivity contribution in [3.63, 3.8) is 0 Å². The molecule has 3 rings (SSSR count). The van der Waals surface area contributed by atoms with E-state index in [0.29, 0.717) is 18.5 Å². The fourth-order valence-electron chi connectivity index (χ4n) is 2.97. The van der Waals surface area contributed by atoms with Crippen LogP contribution in [0.25, 0.3) is 0 Å². The summed E-state index contributed by atoms with van der Waals surface area (Å²) in [6.45, 7) is 4.12. The van der Waals surface area contributed by atoms with Crippen LogP contribution in [0.4, 0.5) is 5.69 Å². The van der Waals surface area contributed by atoms with Crippen LogP contribution in [0, 0.1) is 13.8 Å². The summed E-state index contributed by atoms with van der Waals surface area (Å²) in [7, 11) is -3.88. The van der Waals surface area contributed by atoms with Gasteiger partial charge in [-0.25, -0.2) is 8.42 Å². The first-order chi connectivity index (χ1) is 11.8. The summed E-state index contributed by atoms with van der Waals surface area (Å²) in [4.78, 5) is 14.3. The van der Waals surface area contributed by atoms with Crippen molar-refractivity contribution in [2.45, 2.75) is 31.2 Å². The second kappa shape index (κ2) is 6.78. The first kappa shape index (κ1) is 17.9. The minimum absolute atomic E-state index is 0.0262. The van der Waals surface area contributed by atoms with E-state index in [-0.39, 0.29) is 15.8 Å². The van der Waals surface area contributed by atoms with Gasteiger partial charge in [-0.2, -0.15) is 4.72 Å². The predicted molar refractivity (Wildman–Crippen MR) is 98.4 cm³/mol. The van der Waals surface area contributed by atoms with Crippen molar-refractivity contribution in [1.82, 2.24) is 4.72 Å². The molecule has 0 radical (unpaired) electrons. The number of halogens is 1. The molecule has 7 heteroatoms. The van der Waals surface area contributed by atoms with Crippen LogP contribution in [0.15, 0.2) is 47.4 Å². The molecular formula is C18H19ClN2O3S. The third-order valence-corrected chi connectivity index (χ3v) is 6.38. The largest absolute Gasteiger partial charge is 0.311 e. The van der Waals surface area contributed by atoms with E-state index in [2.05, 4.69) is 4.72 Å². The zero-order valence-corrected chi connectivity index (χ0v) is 15.6. The van der Waals surface area contributed by atoms with Crippen molar-refractivity contribution in [1.29, 1.82) is 0 Å². The molecule has 1 N–H and O–H groups in total. The maximum Gasteiger partial charge on any atom is 0.245 e. The molecule has 0 aromatic heterocycles. The highest BCUT2D eigenvalue weighted by Crippen LogP contribution is 2.27. The fourth-order valence-corrected chi connectivity index (χ4v) is 5.03. The van der Waals surface area contributed by atoms with Gasteiger partial charge in [0.15, 0.2) is 0 Å². The van der Waals surface area contributed by atoms with Gasteiger partial charge in [-0.05, 0) is 44.0 Å². The van der Waals surface area contributed by atoms with Gasteiger partial charge in [-0.3, -0.25) is 4.79 Å².